The van der Waals surface area contributed by atoms with Crippen molar-refractivity contribution in [2.45, 2.75) is 84.7 Å². The van der Waals surface area contributed by atoms with Gasteiger partial charge in [0.05, 0.1) is 25.8 Å². The van der Waals surface area contributed by atoms with E-state index in [1.54, 1.807) is 13.2 Å². The molecule has 1 aromatic carbocycles. The second-order valence-electron chi connectivity index (χ2n) is 13.1. The summed E-state index contributed by atoms with van der Waals surface area (Å²) >= 11 is 0. The van der Waals surface area contributed by atoms with E-state index in [1.165, 1.54) is 0 Å². The average Bonchev–Trinajstić information content (AvgIpc) is 3.32. The fourth-order valence-electron chi connectivity index (χ4n) is 4.51. The van der Waals surface area contributed by atoms with Gasteiger partial charge in [-0.25, -0.2) is 14.6 Å². The third-order valence-electron chi connectivity index (χ3n) is 8.08. The number of pyridine rings is 1. The Balaban J connectivity index is 1.90. The number of amides is 1. The number of nitrogens with zero attached hydrogens (tertiary/aromatic N) is 2. The van der Waals surface area contributed by atoms with Crippen molar-refractivity contribution in [2.75, 3.05) is 26.9 Å². The molecule has 0 bridgehead atoms. The Bertz CT molecular complexity index is 1300. The van der Waals surface area contributed by atoms with E-state index in [4.69, 9.17) is 18.6 Å². The van der Waals surface area contributed by atoms with Gasteiger partial charge < -0.3 is 28.8 Å². The Kier molecular flexibility index (Phi) is 10.2. The summed E-state index contributed by atoms with van der Waals surface area (Å²) in [6, 6.07) is 4.22. The fraction of sp³-hybridized carbons (Fsp3) is 0.581. The maximum absolute atomic E-state index is 11.7. The van der Waals surface area contributed by atoms with Crippen LogP contribution in [0.25, 0.3) is 17.0 Å². The van der Waals surface area contributed by atoms with E-state index in [1.807, 2.05) is 25.1 Å². The maximum atomic E-state index is 11.7. The SMILES string of the molecule is CCOc1cc(O[C@@H]2C[C@@H](C(=O)O)N(C(=O)O)C2)c2cc(/C=C/CC(C)(C)CO[Si](C)(C)C(C)(C)C)c(OC)cc2n1. The normalized spacial score (nSPS) is 18.1. The molecule has 1 aromatic heterocycles. The van der Waals surface area contributed by atoms with Gasteiger partial charge in [-0.3, -0.25) is 4.90 Å². The highest BCUT2D eigenvalue weighted by atomic mass is 28.4. The average molecular weight is 603 g/mol. The molecule has 0 unspecified atom stereocenters. The van der Waals surface area contributed by atoms with Gasteiger partial charge in [0.1, 0.15) is 23.6 Å². The zero-order chi connectivity index (χ0) is 31.5. The molecule has 0 saturated carbocycles. The molecule has 11 heteroatoms. The second-order valence-corrected chi connectivity index (χ2v) is 17.9. The van der Waals surface area contributed by atoms with Crippen molar-refractivity contribution in [3.63, 3.8) is 0 Å². The van der Waals surface area contributed by atoms with Crippen molar-refractivity contribution in [1.29, 1.82) is 0 Å². The lowest BCUT2D eigenvalue weighted by molar-refractivity contribution is -0.141. The van der Waals surface area contributed by atoms with Gasteiger partial charge in [-0.05, 0) is 43.0 Å². The highest BCUT2D eigenvalue weighted by Crippen LogP contribution is 2.39. The van der Waals surface area contributed by atoms with Gasteiger partial charge in [0.25, 0.3) is 0 Å². The van der Waals surface area contributed by atoms with Crippen LogP contribution in [0.1, 0.15) is 59.9 Å². The smallest absolute Gasteiger partial charge is 0.408 e. The third kappa shape index (κ3) is 7.94. The summed E-state index contributed by atoms with van der Waals surface area (Å²) in [5, 5.41) is 19.8. The summed E-state index contributed by atoms with van der Waals surface area (Å²) in [5.74, 6) is 0.208. The Morgan fingerprint density at radius 3 is 2.36 bits per heavy atom. The minimum atomic E-state index is -1.86. The van der Waals surface area contributed by atoms with Crippen LogP contribution in [0.4, 0.5) is 4.79 Å². The molecule has 1 saturated heterocycles. The molecule has 1 amide bonds. The van der Waals surface area contributed by atoms with Crippen LogP contribution in [0.15, 0.2) is 24.3 Å². The predicted molar refractivity (Wildman–Crippen MR) is 165 cm³/mol. The number of hydrogen-bond donors (Lipinski definition) is 2. The number of allylic oxidation sites excluding steroid dienone is 1. The predicted octanol–water partition coefficient (Wildman–Crippen LogP) is 6.68. The molecule has 0 radical (unpaired) electrons. The fourth-order valence-corrected chi connectivity index (χ4v) is 5.69. The first-order valence-corrected chi connectivity index (χ1v) is 17.2. The molecular formula is C31H46N2O8Si. The number of ether oxygens (including phenoxy) is 3. The standard InChI is InChI=1S/C31H46N2O8Si/c1-10-39-27-17-26(41-21-15-24(28(34)35)33(18-21)29(36)37)22-14-20(25(38-7)16-23(22)32-27)12-11-13-31(5,6)19-40-42(8,9)30(2,3)4/h11-12,14,16-17,21,24H,10,13,15,18-19H2,1-9H3,(H,34,35)(H,36,37)/b12-11+/t21-,24+/m1/s1. The van der Waals surface area contributed by atoms with Crippen LogP contribution in [0, 0.1) is 5.41 Å². The summed E-state index contributed by atoms with van der Waals surface area (Å²) in [4.78, 5) is 28.8. The van der Waals surface area contributed by atoms with Crippen molar-refractivity contribution in [3.05, 3.63) is 29.8 Å². The summed E-state index contributed by atoms with van der Waals surface area (Å²) in [6.45, 7) is 18.5. The van der Waals surface area contributed by atoms with Gasteiger partial charge in [-0.15, -0.1) is 0 Å². The minimum Gasteiger partial charge on any atom is -0.496 e. The Hall–Kier alpha value is -3.31. The van der Waals surface area contributed by atoms with Crippen LogP contribution in [0.5, 0.6) is 17.4 Å². The first kappa shape index (κ1) is 33.2. The van der Waals surface area contributed by atoms with Crippen LogP contribution in [0.3, 0.4) is 0 Å². The molecule has 3 rings (SSSR count). The number of likely N-dealkylation sites (tertiary alicyclic amines) is 1. The molecule has 1 fully saturated rings. The third-order valence-corrected chi connectivity index (χ3v) is 12.6. The molecule has 10 nitrogen and oxygen atoms in total. The van der Waals surface area contributed by atoms with Gasteiger partial charge in [0.2, 0.25) is 5.88 Å². The largest absolute Gasteiger partial charge is 0.496 e. The number of carboxylic acids is 1. The first-order valence-electron chi connectivity index (χ1n) is 14.3. The number of carbonyl (C=O) groups is 2. The van der Waals surface area contributed by atoms with Crippen LogP contribution in [-0.4, -0.2) is 79.5 Å². The maximum Gasteiger partial charge on any atom is 0.408 e. The van der Waals surface area contributed by atoms with Crippen LogP contribution >= 0.6 is 0 Å². The van der Waals surface area contributed by atoms with Crippen molar-refractivity contribution in [2.24, 2.45) is 5.41 Å². The van der Waals surface area contributed by atoms with E-state index in [-0.39, 0.29) is 23.4 Å². The molecule has 0 spiro atoms. The van der Waals surface area contributed by atoms with Gasteiger partial charge >= 0.3 is 12.1 Å². The molecule has 42 heavy (non-hydrogen) atoms. The van der Waals surface area contributed by atoms with Crippen molar-refractivity contribution < 1.29 is 38.4 Å². The second kappa shape index (κ2) is 12.9. The van der Waals surface area contributed by atoms with E-state index in [9.17, 15) is 19.8 Å². The Morgan fingerprint density at radius 2 is 1.81 bits per heavy atom. The van der Waals surface area contributed by atoms with Gasteiger partial charge in [-0.2, -0.15) is 0 Å². The molecule has 232 valence electrons. The van der Waals surface area contributed by atoms with E-state index in [2.05, 4.69) is 58.8 Å². The molecule has 2 aromatic rings. The number of methoxy groups -OCH3 is 1. The van der Waals surface area contributed by atoms with Gasteiger partial charge in [0, 0.05) is 36.1 Å². The Morgan fingerprint density at radius 1 is 1.12 bits per heavy atom. The van der Waals surface area contributed by atoms with Crippen molar-refractivity contribution in [3.8, 4) is 17.4 Å². The quantitative estimate of drug-likeness (QED) is 0.256. The lowest BCUT2D eigenvalue weighted by Crippen LogP contribution is -2.43. The Labute approximate surface area is 249 Å². The zero-order valence-electron chi connectivity index (χ0n) is 26.3. The van der Waals surface area contributed by atoms with E-state index < -0.39 is 32.5 Å². The summed E-state index contributed by atoms with van der Waals surface area (Å²) in [7, 11) is -0.259. The van der Waals surface area contributed by atoms with E-state index in [0.717, 1.165) is 16.9 Å². The summed E-state index contributed by atoms with van der Waals surface area (Å²) < 4.78 is 24.1. The van der Waals surface area contributed by atoms with Crippen molar-refractivity contribution in [1.82, 2.24) is 9.88 Å². The number of aliphatic carboxylic acids is 1. The van der Waals surface area contributed by atoms with Crippen LogP contribution in [0.2, 0.25) is 18.1 Å². The van der Waals surface area contributed by atoms with Crippen LogP contribution < -0.4 is 14.2 Å². The number of benzene rings is 1. The van der Waals surface area contributed by atoms with E-state index >= 15 is 0 Å². The number of rotatable bonds is 12. The summed E-state index contributed by atoms with van der Waals surface area (Å²) in [6.07, 6.45) is 3.00. The number of aromatic nitrogens is 1. The molecular weight excluding hydrogens is 556 g/mol. The number of fused-ring (bicyclic) bond motifs is 1. The minimum absolute atomic E-state index is 0.0321. The molecule has 2 heterocycles. The molecule has 2 N–H and O–H groups in total. The lowest BCUT2D eigenvalue weighted by Gasteiger charge is -2.38. The molecule has 2 atom stereocenters. The molecule has 1 aliphatic heterocycles. The van der Waals surface area contributed by atoms with Crippen LogP contribution in [-0.2, 0) is 9.22 Å². The highest BCUT2D eigenvalue weighted by Gasteiger charge is 2.41. The van der Waals surface area contributed by atoms with Gasteiger partial charge in [0.15, 0.2) is 8.32 Å². The lowest BCUT2D eigenvalue weighted by atomic mass is 9.90. The monoisotopic (exact) mass is 602 g/mol. The zero-order valence-corrected chi connectivity index (χ0v) is 27.3. The number of hydrogen-bond acceptors (Lipinski definition) is 7. The van der Waals surface area contributed by atoms with E-state index in [0.29, 0.717) is 41.5 Å². The topological polar surface area (TPSA) is 128 Å². The molecule has 0 aliphatic carbocycles. The molecule has 1 aliphatic rings. The number of carboxylic acid groups (broad SMARTS) is 2. The highest BCUT2D eigenvalue weighted by molar-refractivity contribution is 6.74. The first-order chi connectivity index (χ1) is 19.5. The van der Waals surface area contributed by atoms with Gasteiger partial charge in [-0.1, -0.05) is 46.8 Å². The van der Waals surface area contributed by atoms with Crippen molar-refractivity contribution >= 4 is 37.4 Å². The summed E-state index contributed by atoms with van der Waals surface area (Å²) in [5.41, 5.74) is 1.33.